The van der Waals surface area contributed by atoms with Crippen LogP contribution in [0.3, 0.4) is 0 Å². The molecule has 0 radical (unpaired) electrons. The monoisotopic (exact) mass is 224 g/mol. The molecule has 0 aromatic heterocycles. The maximum atomic E-state index is 13.1. The van der Waals surface area contributed by atoms with Crippen LogP contribution in [-0.4, -0.2) is 11.7 Å². The summed E-state index contributed by atoms with van der Waals surface area (Å²) in [6, 6.07) is 4.27. The van der Waals surface area contributed by atoms with Crippen molar-refractivity contribution >= 4 is 0 Å². The van der Waals surface area contributed by atoms with Crippen LogP contribution in [-0.2, 0) is 0 Å². The Morgan fingerprint density at radius 2 is 2.25 bits per heavy atom. The van der Waals surface area contributed by atoms with Crippen LogP contribution in [0.4, 0.5) is 4.39 Å². The van der Waals surface area contributed by atoms with Gasteiger partial charge in [0.1, 0.15) is 11.6 Å². The van der Waals surface area contributed by atoms with Gasteiger partial charge in [0.15, 0.2) is 0 Å². The average Bonchev–Trinajstić information content (AvgIpc) is 2.14. The minimum Gasteiger partial charge on any atom is -0.493 e. The van der Waals surface area contributed by atoms with Crippen LogP contribution >= 0.6 is 0 Å². The first-order valence-corrected chi connectivity index (χ1v) is 5.77. The van der Waals surface area contributed by atoms with E-state index in [2.05, 4.69) is 0 Å². The standard InChI is InChI=1S/C13H17FO2/c1-9(15)12-6-5-11(14)7-13(12)16-8-10-3-2-4-10/h5-7,9-10,15H,2-4,8H2,1H3/t9-/m1/s1. The third-order valence-corrected chi connectivity index (χ3v) is 3.12. The summed E-state index contributed by atoms with van der Waals surface area (Å²) in [7, 11) is 0. The molecule has 1 aromatic rings. The first-order chi connectivity index (χ1) is 7.66. The molecule has 88 valence electrons. The SMILES string of the molecule is C[C@@H](O)c1ccc(F)cc1OCC1CCC1. The minimum absolute atomic E-state index is 0.326. The van der Waals surface area contributed by atoms with Crippen LogP contribution in [0.2, 0.25) is 0 Å². The molecule has 1 atom stereocenters. The highest BCUT2D eigenvalue weighted by Crippen LogP contribution is 2.30. The van der Waals surface area contributed by atoms with Crippen LogP contribution in [0.25, 0.3) is 0 Å². The molecule has 1 N–H and O–H groups in total. The topological polar surface area (TPSA) is 29.5 Å². The van der Waals surface area contributed by atoms with Crippen molar-refractivity contribution in [2.75, 3.05) is 6.61 Å². The fourth-order valence-corrected chi connectivity index (χ4v) is 1.85. The van der Waals surface area contributed by atoms with Crippen molar-refractivity contribution in [3.05, 3.63) is 29.6 Å². The van der Waals surface area contributed by atoms with Gasteiger partial charge in [0.25, 0.3) is 0 Å². The van der Waals surface area contributed by atoms with Gasteiger partial charge < -0.3 is 9.84 Å². The lowest BCUT2D eigenvalue weighted by Gasteiger charge is -2.26. The molecule has 2 rings (SSSR count). The highest BCUT2D eigenvalue weighted by atomic mass is 19.1. The van der Waals surface area contributed by atoms with Gasteiger partial charge in [-0.15, -0.1) is 0 Å². The Morgan fingerprint density at radius 3 is 2.81 bits per heavy atom. The van der Waals surface area contributed by atoms with E-state index in [1.807, 2.05) is 0 Å². The van der Waals surface area contributed by atoms with Crippen LogP contribution in [0.5, 0.6) is 5.75 Å². The second kappa shape index (κ2) is 4.83. The Balaban J connectivity index is 2.06. The molecule has 1 aromatic carbocycles. The maximum Gasteiger partial charge on any atom is 0.128 e. The Bertz CT molecular complexity index is 359. The second-order valence-electron chi connectivity index (χ2n) is 4.47. The summed E-state index contributed by atoms with van der Waals surface area (Å²) in [6.45, 7) is 2.28. The van der Waals surface area contributed by atoms with E-state index < -0.39 is 6.10 Å². The summed E-state index contributed by atoms with van der Waals surface area (Å²) >= 11 is 0. The van der Waals surface area contributed by atoms with E-state index in [1.165, 1.54) is 31.4 Å². The van der Waals surface area contributed by atoms with Crippen molar-refractivity contribution < 1.29 is 14.2 Å². The number of halogens is 1. The molecule has 0 heterocycles. The molecule has 2 nitrogen and oxygen atoms in total. The number of benzene rings is 1. The number of hydrogen-bond donors (Lipinski definition) is 1. The Labute approximate surface area is 95.1 Å². The Hall–Kier alpha value is -1.09. The molecule has 0 saturated heterocycles. The van der Waals surface area contributed by atoms with Gasteiger partial charge in [0, 0.05) is 11.6 Å². The van der Waals surface area contributed by atoms with Crippen LogP contribution < -0.4 is 4.74 Å². The normalized spacial score (nSPS) is 17.9. The van der Waals surface area contributed by atoms with E-state index >= 15 is 0 Å². The lowest BCUT2D eigenvalue weighted by Crippen LogP contribution is -2.19. The summed E-state index contributed by atoms with van der Waals surface area (Å²) in [5.74, 6) is 0.750. The van der Waals surface area contributed by atoms with Crippen LogP contribution in [0.1, 0.15) is 37.9 Å². The first-order valence-electron chi connectivity index (χ1n) is 5.77. The lowest BCUT2D eigenvalue weighted by atomic mass is 9.86. The Kier molecular flexibility index (Phi) is 3.44. The molecule has 3 heteroatoms. The molecule has 0 spiro atoms. The second-order valence-corrected chi connectivity index (χ2v) is 4.47. The maximum absolute atomic E-state index is 13.1. The van der Waals surface area contributed by atoms with Crippen molar-refractivity contribution in [1.82, 2.24) is 0 Å². The van der Waals surface area contributed by atoms with E-state index in [9.17, 15) is 9.50 Å². The summed E-state index contributed by atoms with van der Waals surface area (Å²) in [5.41, 5.74) is 0.653. The number of ether oxygens (including phenoxy) is 1. The highest BCUT2D eigenvalue weighted by Gasteiger charge is 2.19. The quantitative estimate of drug-likeness (QED) is 0.851. The van der Waals surface area contributed by atoms with Crippen molar-refractivity contribution in [1.29, 1.82) is 0 Å². The van der Waals surface area contributed by atoms with Crippen molar-refractivity contribution in [3.63, 3.8) is 0 Å². The zero-order valence-corrected chi connectivity index (χ0v) is 9.45. The lowest BCUT2D eigenvalue weighted by molar-refractivity contribution is 0.163. The number of aliphatic hydroxyl groups excluding tert-OH is 1. The molecule has 16 heavy (non-hydrogen) atoms. The van der Waals surface area contributed by atoms with Gasteiger partial charge in [-0.05, 0) is 37.8 Å². The third kappa shape index (κ3) is 2.53. The van der Waals surface area contributed by atoms with E-state index in [0.717, 1.165) is 0 Å². The predicted octanol–water partition coefficient (Wildman–Crippen LogP) is 3.06. The van der Waals surface area contributed by atoms with Crippen LogP contribution in [0, 0.1) is 11.7 Å². The summed E-state index contributed by atoms with van der Waals surface area (Å²) in [6.07, 6.45) is 3.02. The molecular formula is C13H17FO2. The van der Waals surface area contributed by atoms with E-state index in [1.54, 1.807) is 13.0 Å². The van der Waals surface area contributed by atoms with Crippen LogP contribution in [0.15, 0.2) is 18.2 Å². The number of hydrogen-bond acceptors (Lipinski definition) is 2. The van der Waals surface area contributed by atoms with Crippen molar-refractivity contribution in [2.45, 2.75) is 32.3 Å². The highest BCUT2D eigenvalue weighted by molar-refractivity contribution is 5.35. The largest absolute Gasteiger partial charge is 0.493 e. The zero-order valence-electron chi connectivity index (χ0n) is 9.45. The fraction of sp³-hybridized carbons (Fsp3) is 0.538. The summed E-state index contributed by atoms with van der Waals surface area (Å²) in [5, 5.41) is 9.53. The minimum atomic E-state index is -0.628. The van der Waals surface area contributed by atoms with Gasteiger partial charge in [-0.2, -0.15) is 0 Å². The molecule has 0 aliphatic heterocycles. The smallest absolute Gasteiger partial charge is 0.128 e. The van der Waals surface area contributed by atoms with E-state index in [0.29, 0.717) is 23.8 Å². The molecular weight excluding hydrogens is 207 g/mol. The van der Waals surface area contributed by atoms with Gasteiger partial charge in [-0.1, -0.05) is 6.42 Å². The van der Waals surface area contributed by atoms with Crippen molar-refractivity contribution in [2.24, 2.45) is 5.92 Å². The van der Waals surface area contributed by atoms with E-state index in [-0.39, 0.29) is 5.82 Å². The van der Waals surface area contributed by atoms with E-state index in [4.69, 9.17) is 4.74 Å². The predicted molar refractivity (Wildman–Crippen MR) is 59.9 cm³/mol. The molecule has 1 fully saturated rings. The summed E-state index contributed by atoms with van der Waals surface area (Å²) in [4.78, 5) is 0. The third-order valence-electron chi connectivity index (χ3n) is 3.12. The first kappa shape index (κ1) is 11.4. The molecule has 0 bridgehead atoms. The number of aliphatic hydroxyl groups is 1. The van der Waals surface area contributed by atoms with Gasteiger partial charge in [0.05, 0.1) is 12.7 Å². The molecule has 1 saturated carbocycles. The molecule has 0 unspecified atom stereocenters. The number of rotatable bonds is 4. The van der Waals surface area contributed by atoms with Gasteiger partial charge in [0.2, 0.25) is 0 Å². The van der Waals surface area contributed by atoms with Gasteiger partial charge in [-0.25, -0.2) is 4.39 Å². The Morgan fingerprint density at radius 1 is 1.50 bits per heavy atom. The van der Waals surface area contributed by atoms with Gasteiger partial charge >= 0.3 is 0 Å². The summed E-state index contributed by atoms with van der Waals surface area (Å²) < 4.78 is 18.7. The van der Waals surface area contributed by atoms with Gasteiger partial charge in [-0.3, -0.25) is 0 Å². The average molecular weight is 224 g/mol. The molecule has 1 aliphatic rings. The molecule has 0 amide bonds. The zero-order chi connectivity index (χ0) is 11.5. The fourth-order valence-electron chi connectivity index (χ4n) is 1.85. The van der Waals surface area contributed by atoms with Crippen molar-refractivity contribution in [3.8, 4) is 5.75 Å². The molecule has 1 aliphatic carbocycles.